The lowest BCUT2D eigenvalue weighted by Gasteiger charge is -2.18. The van der Waals surface area contributed by atoms with E-state index in [0.717, 1.165) is 10.7 Å². The molecule has 0 saturated carbocycles. The van der Waals surface area contributed by atoms with Gasteiger partial charge in [-0.05, 0) is 5.56 Å². The maximum atomic E-state index is 9.06. The van der Waals surface area contributed by atoms with Crippen LogP contribution in [-0.2, 0) is 5.41 Å². The molecule has 0 aliphatic rings. The van der Waals surface area contributed by atoms with Gasteiger partial charge in [-0.3, -0.25) is 0 Å². The summed E-state index contributed by atoms with van der Waals surface area (Å²) in [5.74, 6) is 0. The lowest BCUT2D eigenvalue weighted by molar-refractivity contribution is 0.288. The van der Waals surface area contributed by atoms with Crippen molar-refractivity contribution >= 4 is 11.3 Å². The Bertz CT molecular complexity index is 531. The third-order valence-corrected chi connectivity index (χ3v) is 4.04. The summed E-state index contributed by atoms with van der Waals surface area (Å²) >= 11 is 1.67. The fourth-order valence-electron chi connectivity index (χ4n) is 1.97. The number of nitrogens with one attached hydrogen (secondary N) is 1. The average Bonchev–Trinajstić information content (AvgIpc) is 2.90. The molecule has 1 atom stereocenters. The van der Waals surface area contributed by atoms with Crippen LogP contribution in [0, 0.1) is 0 Å². The van der Waals surface area contributed by atoms with Crippen LogP contribution in [0.5, 0.6) is 0 Å². The second kappa shape index (κ2) is 6.48. The summed E-state index contributed by atoms with van der Waals surface area (Å²) < 4.78 is 0. The first-order valence-corrected chi connectivity index (χ1v) is 7.75. The van der Waals surface area contributed by atoms with E-state index in [-0.39, 0.29) is 18.1 Å². The highest BCUT2D eigenvalue weighted by molar-refractivity contribution is 7.09. The smallest absolute Gasteiger partial charge is 0.114 e. The molecule has 0 radical (unpaired) electrons. The molecule has 1 aromatic carbocycles. The standard InChI is InChI=1S/C16H22N2OS/c1-16(2,3)13-11-20-15(18-13)14(17-9-10-19)12-7-5-4-6-8-12/h4-8,11,14,17,19H,9-10H2,1-3H3. The van der Waals surface area contributed by atoms with Crippen molar-refractivity contribution < 1.29 is 5.11 Å². The lowest BCUT2D eigenvalue weighted by atomic mass is 9.93. The van der Waals surface area contributed by atoms with Crippen LogP contribution in [0.25, 0.3) is 0 Å². The summed E-state index contributed by atoms with van der Waals surface area (Å²) in [6.45, 7) is 7.20. The summed E-state index contributed by atoms with van der Waals surface area (Å²) in [7, 11) is 0. The number of thiazole rings is 1. The number of hydrogen-bond acceptors (Lipinski definition) is 4. The highest BCUT2D eigenvalue weighted by Gasteiger charge is 2.22. The Kier molecular flexibility index (Phi) is 4.91. The van der Waals surface area contributed by atoms with Crippen LogP contribution in [0.2, 0.25) is 0 Å². The first kappa shape index (κ1) is 15.2. The number of hydrogen-bond donors (Lipinski definition) is 2. The molecule has 108 valence electrons. The number of aliphatic hydroxyl groups is 1. The number of rotatable bonds is 5. The summed E-state index contributed by atoms with van der Waals surface area (Å²) in [5.41, 5.74) is 2.35. The zero-order valence-electron chi connectivity index (χ0n) is 12.3. The summed E-state index contributed by atoms with van der Waals surface area (Å²) in [5, 5.41) is 15.6. The van der Waals surface area contributed by atoms with Gasteiger partial charge in [0.1, 0.15) is 5.01 Å². The number of nitrogens with zero attached hydrogens (tertiary/aromatic N) is 1. The second-order valence-corrected chi connectivity index (χ2v) is 6.73. The Morgan fingerprint density at radius 3 is 2.50 bits per heavy atom. The van der Waals surface area contributed by atoms with Gasteiger partial charge in [0.2, 0.25) is 0 Å². The molecule has 2 N–H and O–H groups in total. The maximum Gasteiger partial charge on any atom is 0.114 e. The van der Waals surface area contributed by atoms with E-state index in [4.69, 9.17) is 10.1 Å². The molecule has 1 unspecified atom stereocenters. The minimum atomic E-state index is 0.0458. The zero-order valence-corrected chi connectivity index (χ0v) is 13.1. The van der Waals surface area contributed by atoms with Gasteiger partial charge in [0.05, 0.1) is 18.3 Å². The number of aliphatic hydroxyl groups excluding tert-OH is 1. The first-order chi connectivity index (χ1) is 9.52. The molecule has 0 aliphatic heterocycles. The molecule has 4 heteroatoms. The van der Waals surface area contributed by atoms with Crippen LogP contribution in [0.4, 0.5) is 0 Å². The van der Waals surface area contributed by atoms with E-state index in [9.17, 15) is 0 Å². The van der Waals surface area contributed by atoms with Crippen LogP contribution < -0.4 is 5.32 Å². The van der Waals surface area contributed by atoms with Gasteiger partial charge in [-0.15, -0.1) is 11.3 Å². The molecule has 2 rings (SSSR count). The van der Waals surface area contributed by atoms with E-state index in [1.807, 2.05) is 18.2 Å². The van der Waals surface area contributed by atoms with Gasteiger partial charge in [-0.2, -0.15) is 0 Å². The summed E-state index contributed by atoms with van der Waals surface area (Å²) in [6, 6.07) is 10.3. The Morgan fingerprint density at radius 1 is 1.25 bits per heavy atom. The van der Waals surface area contributed by atoms with Crippen molar-refractivity contribution in [3.05, 3.63) is 52.0 Å². The number of aromatic nitrogens is 1. The van der Waals surface area contributed by atoms with E-state index in [0.29, 0.717) is 6.54 Å². The molecular formula is C16H22N2OS. The van der Waals surface area contributed by atoms with E-state index >= 15 is 0 Å². The van der Waals surface area contributed by atoms with Crippen LogP contribution in [0.15, 0.2) is 35.7 Å². The van der Waals surface area contributed by atoms with Gasteiger partial charge in [0.15, 0.2) is 0 Å². The highest BCUT2D eigenvalue weighted by Crippen LogP contribution is 2.29. The van der Waals surface area contributed by atoms with Gasteiger partial charge >= 0.3 is 0 Å². The molecule has 0 bridgehead atoms. The molecule has 20 heavy (non-hydrogen) atoms. The fraction of sp³-hybridized carbons (Fsp3) is 0.438. The summed E-state index contributed by atoms with van der Waals surface area (Å²) in [4.78, 5) is 4.79. The third kappa shape index (κ3) is 3.66. The fourth-order valence-corrected chi connectivity index (χ4v) is 3.11. The molecule has 0 aliphatic carbocycles. The largest absolute Gasteiger partial charge is 0.395 e. The number of benzene rings is 1. The Morgan fingerprint density at radius 2 is 1.95 bits per heavy atom. The van der Waals surface area contributed by atoms with Crippen molar-refractivity contribution in [1.29, 1.82) is 0 Å². The molecule has 0 amide bonds. The van der Waals surface area contributed by atoms with Crippen LogP contribution >= 0.6 is 11.3 Å². The minimum Gasteiger partial charge on any atom is -0.395 e. The van der Waals surface area contributed by atoms with Gasteiger partial charge in [-0.25, -0.2) is 4.98 Å². The van der Waals surface area contributed by atoms with Crippen molar-refractivity contribution in [2.24, 2.45) is 0 Å². The van der Waals surface area contributed by atoms with E-state index in [1.165, 1.54) is 5.56 Å². The van der Waals surface area contributed by atoms with Crippen molar-refractivity contribution in [2.75, 3.05) is 13.2 Å². The molecular weight excluding hydrogens is 268 g/mol. The average molecular weight is 290 g/mol. The van der Waals surface area contributed by atoms with Crippen molar-refractivity contribution in [1.82, 2.24) is 10.3 Å². The Hall–Kier alpha value is -1.23. The molecule has 0 saturated heterocycles. The van der Waals surface area contributed by atoms with Gasteiger partial charge in [-0.1, -0.05) is 51.1 Å². The van der Waals surface area contributed by atoms with Crippen LogP contribution in [0.1, 0.15) is 43.1 Å². The monoisotopic (exact) mass is 290 g/mol. The van der Waals surface area contributed by atoms with Gasteiger partial charge in [0.25, 0.3) is 0 Å². The minimum absolute atomic E-state index is 0.0458. The maximum absolute atomic E-state index is 9.06. The predicted octanol–water partition coefficient (Wildman–Crippen LogP) is 3.11. The van der Waals surface area contributed by atoms with Crippen molar-refractivity contribution in [2.45, 2.75) is 32.2 Å². The zero-order chi connectivity index (χ0) is 14.6. The van der Waals surface area contributed by atoms with Gasteiger partial charge < -0.3 is 10.4 Å². The Balaban J connectivity index is 2.29. The topological polar surface area (TPSA) is 45.1 Å². The van der Waals surface area contributed by atoms with E-state index in [2.05, 4.69) is 43.6 Å². The van der Waals surface area contributed by atoms with Crippen LogP contribution in [-0.4, -0.2) is 23.2 Å². The van der Waals surface area contributed by atoms with E-state index in [1.54, 1.807) is 11.3 Å². The van der Waals surface area contributed by atoms with E-state index < -0.39 is 0 Å². The summed E-state index contributed by atoms with van der Waals surface area (Å²) in [6.07, 6.45) is 0. The van der Waals surface area contributed by atoms with Gasteiger partial charge in [0, 0.05) is 17.3 Å². The quantitative estimate of drug-likeness (QED) is 0.889. The molecule has 0 spiro atoms. The molecule has 0 fully saturated rings. The molecule has 3 nitrogen and oxygen atoms in total. The second-order valence-electron chi connectivity index (χ2n) is 5.84. The van der Waals surface area contributed by atoms with Crippen LogP contribution in [0.3, 0.4) is 0 Å². The third-order valence-electron chi connectivity index (χ3n) is 3.13. The van der Waals surface area contributed by atoms with Crippen molar-refractivity contribution in [3.63, 3.8) is 0 Å². The molecule has 2 aromatic rings. The molecule has 1 aromatic heterocycles. The Labute approximate surface area is 124 Å². The lowest BCUT2D eigenvalue weighted by Crippen LogP contribution is -2.25. The highest BCUT2D eigenvalue weighted by atomic mass is 32.1. The molecule has 1 heterocycles. The SMILES string of the molecule is CC(C)(C)c1csc(C(NCCO)c2ccccc2)n1. The van der Waals surface area contributed by atoms with Crippen molar-refractivity contribution in [3.8, 4) is 0 Å². The predicted molar refractivity (Wildman–Crippen MR) is 84.2 cm³/mol. The first-order valence-electron chi connectivity index (χ1n) is 6.87. The normalized spacial score (nSPS) is 13.4.